The van der Waals surface area contributed by atoms with Crippen molar-refractivity contribution in [2.24, 2.45) is 0 Å². The number of imidazole rings is 1. The third-order valence-corrected chi connectivity index (χ3v) is 8.04. The van der Waals surface area contributed by atoms with Gasteiger partial charge in [-0.05, 0) is 61.2 Å². The third kappa shape index (κ3) is 7.18. The molecule has 44 heavy (non-hydrogen) atoms. The summed E-state index contributed by atoms with van der Waals surface area (Å²) >= 11 is 5.80. The molecule has 0 radical (unpaired) electrons. The first-order chi connectivity index (χ1) is 21.3. The molecule has 2 saturated heterocycles. The van der Waals surface area contributed by atoms with Gasteiger partial charge in [-0.15, -0.1) is 0 Å². The number of aliphatic carboxylic acids is 1. The minimum Gasteiger partial charge on any atom is -0.478 e. The molecule has 230 valence electrons. The maximum atomic E-state index is 14.4. The van der Waals surface area contributed by atoms with Crippen molar-refractivity contribution in [3.63, 3.8) is 0 Å². The van der Waals surface area contributed by atoms with Crippen molar-refractivity contribution in [3.8, 4) is 11.8 Å². The van der Waals surface area contributed by atoms with E-state index in [1.54, 1.807) is 6.08 Å². The second-order valence-corrected chi connectivity index (χ2v) is 11.3. The number of nitrogens with zero attached hydrogens (tertiary/aromatic N) is 4. The van der Waals surface area contributed by atoms with E-state index in [-0.39, 0.29) is 41.2 Å². The standard InChI is InChI=1S/C32H31ClF2N4O5/c33-22-4-3-21(26(35)16-22)19-43-32-25(34)5-7-30(37-32)44-23-9-12-38(13-10-23)18-29-36-27-6-1-20(2-8-31(40)41)15-28(27)39(29)17-24-11-14-42-24/h1-8,15-16,23-24H,9-14,17-19H2,(H,40,41)/b8-2+/t24-/m0/s1. The van der Waals surface area contributed by atoms with Crippen LogP contribution in [0.1, 0.15) is 36.2 Å². The van der Waals surface area contributed by atoms with Crippen LogP contribution >= 0.6 is 11.6 Å². The van der Waals surface area contributed by atoms with Gasteiger partial charge in [0, 0.05) is 42.4 Å². The van der Waals surface area contributed by atoms with Crippen LogP contribution in [0.2, 0.25) is 5.02 Å². The van der Waals surface area contributed by atoms with Gasteiger partial charge < -0.3 is 23.9 Å². The summed E-state index contributed by atoms with van der Waals surface area (Å²) in [4.78, 5) is 22.4. The minimum atomic E-state index is -0.996. The highest BCUT2D eigenvalue weighted by atomic mass is 35.5. The summed E-state index contributed by atoms with van der Waals surface area (Å²) < 4.78 is 47.9. The van der Waals surface area contributed by atoms with Crippen LogP contribution in [0.4, 0.5) is 8.78 Å². The van der Waals surface area contributed by atoms with Crippen LogP contribution in [0.25, 0.3) is 17.1 Å². The third-order valence-electron chi connectivity index (χ3n) is 7.80. The van der Waals surface area contributed by atoms with Gasteiger partial charge >= 0.3 is 5.97 Å². The summed E-state index contributed by atoms with van der Waals surface area (Å²) in [6.07, 6.45) is 5.18. The zero-order valence-electron chi connectivity index (χ0n) is 23.8. The largest absolute Gasteiger partial charge is 0.478 e. The van der Waals surface area contributed by atoms with Gasteiger partial charge in [-0.1, -0.05) is 23.7 Å². The second-order valence-electron chi connectivity index (χ2n) is 10.9. The van der Waals surface area contributed by atoms with Crippen molar-refractivity contribution < 1.29 is 32.9 Å². The maximum absolute atomic E-state index is 14.4. The number of aromatic nitrogens is 3. The topological polar surface area (TPSA) is 98.9 Å². The molecule has 0 bridgehead atoms. The van der Waals surface area contributed by atoms with Gasteiger partial charge in [-0.25, -0.2) is 18.6 Å². The number of carboxylic acid groups (broad SMARTS) is 1. The molecule has 2 aromatic heterocycles. The fourth-order valence-corrected chi connectivity index (χ4v) is 5.49. The summed E-state index contributed by atoms with van der Waals surface area (Å²) in [6, 6.07) is 12.6. The maximum Gasteiger partial charge on any atom is 0.328 e. The lowest BCUT2D eigenvalue weighted by Gasteiger charge is -2.32. The molecule has 6 rings (SSSR count). The van der Waals surface area contributed by atoms with E-state index >= 15 is 0 Å². The fraction of sp³-hybridized carbons (Fsp3) is 0.344. The smallest absolute Gasteiger partial charge is 0.328 e. The lowest BCUT2D eigenvalue weighted by Crippen LogP contribution is -2.39. The molecule has 0 aliphatic carbocycles. The molecule has 0 saturated carbocycles. The van der Waals surface area contributed by atoms with Crippen LogP contribution in [-0.2, 0) is 29.2 Å². The molecular weight excluding hydrogens is 594 g/mol. The number of carbonyl (C=O) groups is 1. The number of carboxylic acids is 1. The monoisotopic (exact) mass is 624 g/mol. The van der Waals surface area contributed by atoms with E-state index < -0.39 is 17.6 Å². The predicted octanol–water partition coefficient (Wildman–Crippen LogP) is 5.87. The number of hydrogen-bond acceptors (Lipinski definition) is 7. The van der Waals surface area contributed by atoms with Crippen molar-refractivity contribution in [2.45, 2.75) is 51.2 Å². The molecule has 4 aromatic rings. The molecule has 12 heteroatoms. The van der Waals surface area contributed by atoms with Gasteiger partial charge in [-0.2, -0.15) is 4.98 Å². The molecule has 0 unspecified atom stereocenters. The van der Waals surface area contributed by atoms with E-state index in [1.165, 1.54) is 30.3 Å². The number of piperidine rings is 1. The lowest BCUT2D eigenvalue weighted by molar-refractivity contribution is -0.131. The fourth-order valence-electron chi connectivity index (χ4n) is 5.33. The molecule has 2 aromatic carbocycles. The summed E-state index contributed by atoms with van der Waals surface area (Å²) in [5, 5.41) is 9.28. The van der Waals surface area contributed by atoms with Crippen molar-refractivity contribution in [1.29, 1.82) is 0 Å². The first kappa shape index (κ1) is 30.0. The normalized spacial score (nSPS) is 17.7. The van der Waals surface area contributed by atoms with E-state index in [9.17, 15) is 13.6 Å². The molecule has 2 aliphatic rings. The highest BCUT2D eigenvalue weighted by molar-refractivity contribution is 6.30. The van der Waals surface area contributed by atoms with E-state index in [0.29, 0.717) is 13.1 Å². The van der Waals surface area contributed by atoms with Crippen molar-refractivity contribution in [2.75, 3.05) is 19.7 Å². The Morgan fingerprint density at radius 3 is 2.61 bits per heavy atom. The highest BCUT2D eigenvalue weighted by Gasteiger charge is 2.26. The van der Waals surface area contributed by atoms with Gasteiger partial charge in [0.05, 0.1) is 30.2 Å². The number of likely N-dealkylation sites (tertiary alicyclic amines) is 1. The zero-order chi connectivity index (χ0) is 30.6. The SMILES string of the molecule is O=C(O)/C=C/c1ccc2nc(CN3CCC(Oc4ccc(F)c(OCc5ccc(Cl)cc5F)n4)CC3)n(C[C@@H]3CCO3)c2c1. The Kier molecular flexibility index (Phi) is 9.06. The van der Waals surface area contributed by atoms with Crippen molar-refractivity contribution >= 4 is 34.7 Å². The van der Waals surface area contributed by atoms with Crippen LogP contribution in [0.3, 0.4) is 0 Å². The quantitative estimate of drug-likeness (QED) is 0.207. The first-order valence-corrected chi connectivity index (χ1v) is 14.8. The minimum absolute atomic E-state index is 0.114. The lowest BCUT2D eigenvalue weighted by atomic mass is 10.1. The van der Waals surface area contributed by atoms with Crippen LogP contribution in [0.5, 0.6) is 11.8 Å². The highest BCUT2D eigenvalue weighted by Crippen LogP contribution is 2.27. The van der Waals surface area contributed by atoms with Crippen LogP contribution < -0.4 is 9.47 Å². The second kappa shape index (κ2) is 13.3. The molecule has 0 amide bonds. The van der Waals surface area contributed by atoms with Crippen LogP contribution in [0.15, 0.2) is 54.6 Å². The summed E-state index contributed by atoms with van der Waals surface area (Å²) in [6.45, 7) is 3.41. The zero-order valence-corrected chi connectivity index (χ0v) is 24.6. The number of pyridine rings is 1. The van der Waals surface area contributed by atoms with Gasteiger partial charge in [0.2, 0.25) is 5.88 Å². The average Bonchev–Trinajstić information content (AvgIpc) is 3.31. The Morgan fingerprint density at radius 2 is 1.89 bits per heavy atom. The average molecular weight is 625 g/mol. The molecular formula is C32H31ClF2N4O5. The van der Waals surface area contributed by atoms with Crippen LogP contribution in [-0.4, -0.2) is 62.4 Å². The van der Waals surface area contributed by atoms with E-state index in [4.69, 9.17) is 35.9 Å². The molecule has 4 heterocycles. The Balaban J connectivity index is 1.08. The number of fused-ring (bicyclic) bond motifs is 1. The summed E-state index contributed by atoms with van der Waals surface area (Å²) in [5.74, 6) is -1.29. The molecule has 1 atom stereocenters. The van der Waals surface area contributed by atoms with Gasteiger partial charge in [0.15, 0.2) is 5.82 Å². The van der Waals surface area contributed by atoms with Crippen molar-refractivity contribution in [1.82, 2.24) is 19.4 Å². The van der Waals surface area contributed by atoms with Crippen LogP contribution in [0, 0.1) is 11.6 Å². The number of halogens is 3. The first-order valence-electron chi connectivity index (χ1n) is 14.4. The van der Waals surface area contributed by atoms with Gasteiger partial charge in [0.1, 0.15) is 24.4 Å². The summed E-state index contributed by atoms with van der Waals surface area (Å²) in [7, 11) is 0. The summed E-state index contributed by atoms with van der Waals surface area (Å²) in [5.41, 5.74) is 2.82. The molecule has 9 nitrogen and oxygen atoms in total. The Bertz CT molecular complexity index is 1680. The molecule has 2 fully saturated rings. The number of hydrogen-bond donors (Lipinski definition) is 1. The van der Waals surface area contributed by atoms with E-state index in [1.807, 2.05) is 18.2 Å². The van der Waals surface area contributed by atoms with Gasteiger partial charge in [-0.3, -0.25) is 4.90 Å². The Morgan fingerprint density at radius 1 is 1.07 bits per heavy atom. The Hall–Kier alpha value is -4.06. The predicted molar refractivity (Wildman–Crippen MR) is 160 cm³/mol. The van der Waals surface area contributed by atoms with Crippen molar-refractivity contribution in [3.05, 3.63) is 88.2 Å². The van der Waals surface area contributed by atoms with Gasteiger partial charge in [0.25, 0.3) is 5.88 Å². The number of benzene rings is 2. The number of rotatable bonds is 11. The Labute approximate surface area is 257 Å². The number of ether oxygens (including phenoxy) is 3. The molecule has 2 aliphatic heterocycles. The van der Waals surface area contributed by atoms with E-state index in [2.05, 4.69) is 14.5 Å². The van der Waals surface area contributed by atoms with E-state index in [0.717, 1.165) is 67.5 Å². The molecule has 0 spiro atoms. The molecule has 1 N–H and O–H groups in total.